The molecular weight excluding hydrogens is 350 g/mol. The van der Waals surface area contributed by atoms with Crippen molar-refractivity contribution < 1.29 is 0 Å². The molecule has 104 valence electrons. The van der Waals surface area contributed by atoms with Gasteiger partial charge in [0.1, 0.15) is 11.9 Å². The number of aromatic nitrogens is 2. The predicted molar refractivity (Wildman–Crippen MR) is 87.8 cm³/mol. The summed E-state index contributed by atoms with van der Waals surface area (Å²) in [5, 5.41) is 9.12. The summed E-state index contributed by atoms with van der Waals surface area (Å²) in [7, 11) is 0. The molecule has 0 aliphatic carbocycles. The van der Waals surface area contributed by atoms with Crippen molar-refractivity contribution in [1.82, 2.24) is 9.55 Å². The monoisotopic (exact) mass is 359 g/mol. The number of imidazole rings is 1. The molecule has 1 aromatic heterocycles. The summed E-state index contributed by atoms with van der Waals surface area (Å²) < 4.78 is 2.86. The zero-order valence-electron chi connectivity index (χ0n) is 11.2. The average molecular weight is 361 g/mol. The summed E-state index contributed by atoms with van der Waals surface area (Å²) in [6.07, 6.45) is 0. The molecule has 1 unspecified atom stereocenters. The van der Waals surface area contributed by atoms with Crippen LogP contribution >= 0.6 is 27.5 Å². The molecule has 1 atom stereocenters. The Kier molecular flexibility index (Phi) is 3.71. The zero-order chi connectivity index (χ0) is 15.0. The smallest absolute Gasteiger partial charge is 0.132 e. The van der Waals surface area contributed by atoms with E-state index in [1.54, 1.807) is 6.07 Å². The summed E-state index contributed by atoms with van der Waals surface area (Å²) in [5.74, 6) is 0.729. The summed E-state index contributed by atoms with van der Waals surface area (Å²) in [5.41, 5.74) is 3.17. The quantitative estimate of drug-likeness (QED) is 0.606. The second kappa shape index (κ2) is 5.51. The van der Waals surface area contributed by atoms with E-state index < -0.39 is 0 Å². The van der Waals surface area contributed by atoms with E-state index in [1.165, 1.54) is 0 Å². The lowest BCUT2D eigenvalue weighted by atomic mass is 10.2. The number of nitriles is 1. The van der Waals surface area contributed by atoms with Gasteiger partial charge in [0.05, 0.1) is 27.7 Å². The van der Waals surface area contributed by atoms with Gasteiger partial charge in [-0.3, -0.25) is 4.57 Å². The van der Waals surface area contributed by atoms with E-state index in [-0.39, 0.29) is 5.38 Å². The Bertz CT molecular complexity index is 862. The van der Waals surface area contributed by atoms with Crippen molar-refractivity contribution in [3.05, 3.63) is 58.3 Å². The number of nitrogens with zero attached hydrogens (tertiary/aromatic N) is 3. The maximum Gasteiger partial charge on any atom is 0.132 e. The van der Waals surface area contributed by atoms with Crippen molar-refractivity contribution in [3.63, 3.8) is 0 Å². The fourth-order valence-corrected chi connectivity index (χ4v) is 2.84. The van der Waals surface area contributed by atoms with Crippen molar-refractivity contribution in [2.24, 2.45) is 0 Å². The number of fused-ring (bicyclic) bond motifs is 1. The van der Waals surface area contributed by atoms with E-state index in [0.717, 1.165) is 27.0 Å². The Labute approximate surface area is 135 Å². The molecule has 0 N–H and O–H groups in total. The van der Waals surface area contributed by atoms with E-state index in [0.29, 0.717) is 5.56 Å². The van der Waals surface area contributed by atoms with Crippen molar-refractivity contribution in [1.29, 1.82) is 5.26 Å². The molecule has 5 heteroatoms. The molecule has 0 saturated heterocycles. The van der Waals surface area contributed by atoms with Gasteiger partial charge in [-0.05, 0) is 37.3 Å². The Hall–Kier alpha value is -1.83. The van der Waals surface area contributed by atoms with Gasteiger partial charge in [-0.1, -0.05) is 28.1 Å². The second-order valence-electron chi connectivity index (χ2n) is 4.68. The molecule has 0 aliphatic heterocycles. The number of halogens is 2. The minimum Gasteiger partial charge on any atom is -0.294 e. The van der Waals surface area contributed by atoms with E-state index in [9.17, 15) is 5.26 Å². The normalized spacial score (nSPS) is 12.3. The second-order valence-corrected chi connectivity index (χ2v) is 6.25. The Balaban J connectivity index is 2.42. The molecule has 1 heterocycles. The van der Waals surface area contributed by atoms with Crippen LogP contribution in [-0.4, -0.2) is 9.55 Å². The lowest BCUT2D eigenvalue weighted by Gasteiger charge is -2.12. The topological polar surface area (TPSA) is 41.6 Å². The first kappa shape index (κ1) is 14.1. The van der Waals surface area contributed by atoms with Crippen LogP contribution in [0, 0.1) is 11.3 Å². The van der Waals surface area contributed by atoms with Crippen molar-refractivity contribution in [2.75, 3.05) is 0 Å². The van der Waals surface area contributed by atoms with Crippen LogP contribution in [0.5, 0.6) is 0 Å². The highest BCUT2D eigenvalue weighted by atomic mass is 79.9. The van der Waals surface area contributed by atoms with Crippen molar-refractivity contribution >= 4 is 38.6 Å². The van der Waals surface area contributed by atoms with Crippen LogP contribution in [0.15, 0.2) is 46.9 Å². The predicted octanol–water partition coefficient (Wildman–Crippen LogP) is 4.96. The molecule has 0 amide bonds. The van der Waals surface area contributed by atoms with Gasteiger partial charge in [0.25, 0.3) is 0 Å². The van der Waals surface area contributed by atoms with E-state index in [1.807, 2.05) is 47.9 Å². The third kappa shape index (κ3) is 2.44. The molecule has 3 rings (SSSR count). The zero-order valence-corrected chi connectivity index (χ0v) is 13.6. The molecule has 0 spiro atoms. The highest BCUT2D eigenvalue weighted by Gasteiger charge is 2.18. The van der Waals surface area contributed by atoms with Crippen LogP contribution in [-0.2, 0) is 0 Å². The molecule has 3 nitrogen and oxygen atoms in total. The first-order valence-electron chi connectivity index (χ1n) is 6.43. The fourth-order valence-electron chi connectivity index (χ4n) is 2.35. The molecule has 0 bridgehead atoms. The number of alkyl halides is 1. The molecule has 0 fully saturated rings. The van der Waals surface area contributed by atoms with Gasteiger partial charge in [-0.2, -0.15) is 5.26 Å². The SMILES string of the molecule is CC(Cl)c1nc2ccccc2n1-c1cc(Br)ccc1C#N. The number of para-hydroxylation sites is 2. The minimum absolute atomic E-state index is 0.261. The summed E-state index contributed by atoms with van der Waals surface area (Å²) in [6, 6.07) is 15.6. The van der Waals surface area contributed by atoms with Crippen LogP contribution in [0.25, 0.3) is 16.7 Å². The van der Waals surface area contributed by atoms with Crippen molar-refractivity contribution in [3.8, 4) is 11.8 Å². The molecule has 0 radical (unpaired) electrons. The lowest BCUT2D eigenvalue weighted by Crippen LogP contribution is -2.04. The number of hydrogen-bond acceptors (Lipinski definition) is 2. The first-order chi connectivity index (χ1) is 10.1. The van der Waals surface area contributed by atoms with Gasteiger partial charge in [0.15, 0.2) is 0 Å². The van der Waals surface area contributed by atoms with Crippen LogP contribution in [0.1, 0.15) is 23.7 Å². The maximum atomic E-state index is 9.38. The number of rotatable bonds is 2. The molecule has 0 saturated carbocycles. The minimum atomic E-state index is -0.261. The Morgan fingerprint density at radius 2 is 2.05 bits per heavy atom. The van der Waals surface area contributed by atoms with Crippen LogP contribution in [0.2, 0.25) is 0 Å². The average Bonchev–Trinajstić information content (AvgIpc) is 2.86. The van der Waals surface area contributed by atoms with Gasteiger partial charge in [0, 0.05) is 4.47 Å². The van der Waals surface area contributed by atoms with Crippen molar-refractivity contribution in [2.45, 2.75) is 12.3 Å². The molecule has 0 aliphatic rings. The largest absolute Gasteiger partial charge is 0.294 e. The van der Waals surface area contributed by atoms with Gasteiger partial charge < -0.3 is 0 Å². The third-order valence-corrected chi connectivity index (χ3v) is 3.95. The molecule has 3 aromatic rings. The summed E-state index contributed by atoms with van der Waals surface area (Å²) in [4.78, 5) is 4.60. The summed E-state index contributed by atoms with van der Waals surface area (Å²) >= 11 is 9.75. The van der Waals surface area contributed by atoms with Gasteiger partial charge in [0.2, 0.25) is 0 Å². The Morgan fingerprint density at radius 1 is 1.29 bits per heavy atom. The molecular formula is C16H11BrClN3. The fraction of sp³-hybridized carbons (Fsp3) is 0.125. The molecule has 2 aromatic carbocycles. The first-order valence-corrected chi connectivity index (χ1v) is 7.66. The van der Waals surface area contributed by atoms with E-state index >= 15 is 0 Å². The standard InChI is InChI=1S/C16H11BrClN3/c1-10(18)16-20-13-4-2-3-5-14(13)21(16)15-8-12(17)7-6-11(15)9-19/h2-8,10H,1H3. The lowest BCUT2D eigenvalue weighted by molar-refractivity contribution is 0.880. The van der Waals surface area contributed by atoms with E-state index in [4.69, 9.17) is 11.6 Å². The van der Waals surface area contributed by atoms with Crippen LogP contribution in [0.3, 0.4) is 0 Å². The van der Waals surface area contributed by atoms with E-state index in [2.05, 4.69) is 27.0 Å². The highest BCUT2D eigenvalue weighted by Crippen LogP contribution is 2.30. The van der Waals surface area contributed by atoms with Gasteiger partial charge >= 0.3 is 0 Å². The maximum absolute atomic E-state index is 9.38. The van der Waals surface area contributed by atoms with Gasteiger partial charge in [-0.15, -0.1) is 11.6 Å². The van der Waals surface area contributed by atoms with Crippen LogP contribution in [0.4, 0.5) is 0 Å². The van der Waals surface area contributed by atoms with Crippen LogP contribution < -0.4 is 0 Å². The number of benzene rings is 2. The highest BCUT2D eigenvalue weighted by molar-refractivity contribution is 9.10. The Morgan fingerprint density at radius 3 is 2.76 bits per heavy atom. The molecule has 21 heavy (non-hydrogen) atoms. The van der Waals surface area contributed by atoms with Gasteiger partial charge in [-0.25, -0.2) is 4.98 Å². The third-order valence-electron chi connectivity index (χ3n) is 3.26. The summed E-state index contributed by atoms with van der Waals surface area (Å²) in [6.45, 7) is 1.88. The number of hydrogen-bond donors (Lipinski definition) is 0.